The van der Waals surface area contributed by atoms with Gasteiger partial charge in [-0.15, -0.1) is 0 Å². The first-order valence-corrected chi connectivity index (χ1v) is 0.548. The maximum atomic E-state index is 8.25. The van der Waals surface area contributed by atoms with E-state index in [1.165, 1.54) is 0 Å². The minimum atomic E-state index is -1.75. The van der Waals surface area contributed by atoms with Crippen LogP contribution in [0.25, 0.3) is 0 Å². The molecule has 8 heavy (non-hydrogen) atoms. The van der Waals surface area contributed by atoms with Crippen LogP contribution < -0.4 is 0 Å². The first-order valence-electron chi connectivity index (χ1n) is 0.548. The standard InChI is InChI=1S/Ce.K.NO3.2H2O.H/c;;2-1(3)4;;;/h;;;2*1H2;/q;;-1;;;. The summed E-state index contributed by atoms with van der Waals surface area (Å²) in [6.07, 6.45) is 0. The normalized spacial score (nSPS) is 3.00. The topological polar surface area (TPSA) is 129 Å². The van der Waals surface area contributed by atoms with Crippen molar-refractivity contribution in [1.29, 1.82) is 0 Å². The van der Waals surface area contributed by atoms with E-state index in [4.69, 9.17) is 15.3 Å². The fourth-order valence-electron chi connectivity index (χ4n) is 0. The fourth-order valence-corrected chi connectivity index (χ4v) is 0. The van der Waals surface area contributed by atoms with Crippen molar-refractivity contribution in [3.63, 3.8) is 0 Å². The third kappa shape index (κ3) is 91.0. The average Bonchev–Trinajstić information content (AvgIpc) is 0.811. The molecule has 0 saturated heterocycles. The third-order valence-electron chi connectivity index (χ3n) is 0. The van der Waals surface area contributed by atoms with Gasteiger partial charge in [-0.1, -0.05) is 0 Å². The Morgan fingerprint density at radius 2 is 1.12 bits per heavy atom. The summed E-state index contributed by atoms with van der Waals surface area (Å²) in [4.78, 5) is 8.25. The van der Waals surface area contributed by atoms with Crippen LogP contribution in [-0.2, 0) is 0 Å². The number of rotatable bonds is 0. The molecule has 0 aromatic carbocycles. The molecule has 0 unspecified atom stereocenters. The van der Waals surface area contributed by atoms with Gasteiger partial charge in [0.15, 0.2) is 0 Å². The SMILES string of the molecule is O.O.O=[N+]([O-])[O-].[Ce].[KH]. The van der Waals surface area contributed by atoms with Crippen LogP contribution in [0.5, 0.6) is 0 Å². The van der Waals surface area contributed by atoms with E-state index < -0.39 is 5.09 Å². The van der Waals surface area contributed by atoms with Crippen LogP contribution in [0.3, 0.4) is 0 Å². The summed E-state index contributed by atoms with van der Waals surface area (Å²) in [5.74, 6) is 0. The van der Waals surface area contributed by atoms with Gasteiger partial charge < -0.3 is 26.3 Å². The Morgan fingerprint density at radius 1 is 1.12 bits per heavy atom. The van der Waals surface area contributed by atoms with E-state index in [1.54, 1.807) is 0 Å². The Morgan fingerprint density at radius 3 is 1.12 bits per heavy atom. The van der Waals surface area contributed by atoms with E-state index in [9.17, 15) is 0 Å². The second-order valence-corrected chi connectivity index (χ2v) is 0.224. The Balaban J connectivity index is -0.00000000750. The van der Waals surface area contributed by atoms with Crippen LogP contribution in [0, 0.1) is 57.1 Å². The predicted molar refractivity (Wildman–Crippen MR) is 24.7 cm³/mol. The molecular weight excluding hydrogens is 273 g/mol. The molecule has 0 aliphatic rings. The van der Waals surface area contributed by atoms with Crippen molar-refractivity contribution in [2.24, 2.45) is 0 Å². The number of hydrogen-bond acceptors (Lipinski definition) is 3. The molecule has 0 amide bonds. The zero-order valence-electron chi connectivity index (χ0n) is 3.17. The summed E-state index contributed by atoms with van der Waals surface area (Å²) in [7, 11) is 0. The molecule has 8 heteroatoms. The van der Waals surface area contributed by atoms with Gasteiger partial charge in [0.1, 0.15) is 0 Å². The summed E-state index contributed by atoms with van der Waals surface area (Å²) in [5, 5.41) is 14.8. The van der Waals surface area contributed by atoms with Crippen molar-refractivity contribution in [1.82, 2.24) is 0 Å². The van der Waals surface area contributed by atoms with Crippen LogP contribution >= 0.6 is 0 Å². The zero-order chi connectivity index (χ0) is 3.58. The molecule has 0 heterocycles. The van der Waals surface area contributed by atoms with Crippen LogP contribution in [-0.4, -0.2) is 67.4 Å². The summed E-state index contributed by atoms with van der Waals surface area (Å²) >= 11 is 0. The van der Waals surface area contributed by atoms with Crippen molar-refractivity contribution in [2.45, 2.75) is 0 Å². The molecule has 4 N–H and O–H groups in total. The molecule has 0 aromatic heterocycles. The quantitative estimate of drug-likeness (QED) is 0.275. The van der Waals surface area contributed by atoms with Gasteiger partial charge >= 0.3 is 51.4 Å². The van der Waals surface area contributed by atoms with Gasteiger partial charge in [0.05, 0.1) is 5.09 Å². The Kier molecular flexibility index (Phi) is 91.9. The van der Waals surface area contributed by atoms with E-state index in [1.807, 2.05) is 0 Å². The molecule has 0 aliphatic carbocycles. The van der Waals surface area contributed by atoms with Crippen LogP contribution in [0.15, 0.2) is 0 Å². The van der Waals surface area contributed by atoms with Crippen molar-refractivity contribution in [3.05, 3.63) is 15.3 Å². The average molecular weight is 278 g/mol. The molecule has 0 saturated carbocycles. The van der Waals surface area contributed by atoms with E-state index in [-0.39, 0.29) is 104 Å². The third-order valence-corrected chi connectivity index (χ3v) is 0. The van der Waals surface area contributed by atoms with Crippen molar-refractivity contribution >= 4 is 51.4 Å². The van der Waals surface area contributed by atoms with Gasteiger partial charge in [0.2, 0.25) is 0 Å². The Bertz CT molecular complexity index is 35.4. The maximum absolute atomic E-state index is 8.25. The van der Waals surface area contributed by atoms with Crippen LogP contribution in [0.1, 0.15) is 0 Å². The molecule has 0 aromatic rings. The van der Waals surface area contributed by atoms with Gasteiger partial charge in [-0.05, 0) is 0 Å². The predicted octanol–water partition coefficient (Wildman–Crippen LogP) is -2.54. The second kappa shape index (κ2) is 22.9. The summed E-state index contributed by atoms with van der Waals surface area (Å²) in [6.45, 7) is 0. The van der Waals surface area contributed by atoms with Crippen molar-refractivity contribution in [2.75, 3.05) is 0 Å². The van der Waals surface area contributed by atoms with Gasteiger partial charge in [0, 0.05) is 41.7 Å². The van der Waals surface area contributed by atoms with E-state index in [0.29, 0.717) is 0 Å². The van der Waals surface area contributed by atoms with E-state index in [2.05, 4.69) is 0 Å². The monoisotopic (exact) mass is 278 g/mol. The van der Waals surface area contributed by atoms with E-state index >= 15 is 0 Å². The molecule has 46 valence electrons. The molecular formula is H5CeKNO5-. The van der Waals surface area contributed by atoms with Crippen LogP contribution in [0.2, 0.25) is 0 Å². The van der Waals surface area contributed by atoms with Gasteiger partial charge in [0.25, 0.3) is 0 Å². The van der Waals surface area contributed by atoms with Gasteiger partial charge in [-0.2, -0.15) is 0 Å². The number of nitrogens with zero attached hydrogens (tertiary/aromatic N) is 1. The second-order valence-electron chi connectivity index (χ2n) is 0.224. The Labute approximate surface area is 122 Å². The first kappa shape index (κ1) is 32.1. The molecule has 0 radical (unpaired) electrons. The molecule has 0 fully saturated rings. The van der Waals surface area contributed by atoms with Crippen LogP contribution in [0.4, 0.5) is 0 Å². The van der Waals surface area contributed by atoms with Crippen molar-refractivity contribution in [3.8, 4) is 0 Å². The molecule has 0 rings (SSSR count). The fraction of sp³-hybridized carbons (Fsp3) is 0. The molecule has 0 atom stereocenters. The Hall–Kier alpha value is 2.13. The molecule has 6 nitrogen and oxygen atoms in total. The molecule has 0 spiro atoms. The van der Waals surface area contributed by atoms with Gasteiger partial charge in [-0.25, -0.2) is 0 Å². The summed E-state index contributed by atoms with van der Waals surface area (Å²) < 4.78 is 0. The zero-order valence-corrected chi connectivity index (χ0v) is 6.31. The van der Waals surface area contributed by atoms with Crippen molar-refractivity contribution < 1.29 is 57.8 Å². The number of hydrogen-bond donors (Lipinski definition) is 0. The van der Waals surface area contributed by atoms with Gasteiger partial charge in [-0.3, -0.25) is 0 Å². The minimum absolute atomic E-state index is 0. The summed E-state index contributed by atoms with van der Waals surface area (Å²) in [5.41, 5.74) is 0. The summed E-state index contributed by atoms with van der Waals surface area (Å²) in [6, 6.07) is 0. The first-order chi connectivity index (χ1) is 1.73. The molecule has 0 bridgehead atoms. The molecule has 0 aliphatic heterocycles. The van der Waals surface area contributed by atoms with E-state index in [0.717, 1.165) is 0 Å².